The van der Waals surface area contributed by atoms with Gasteiger partial charge in [-0.1, -0.05) is 49.4 Å². The van der Waals surface area contributed by atoms with Crippen LogP contribution in [0.15, 0.2) is 77.7 Å². The van der Waals surface area contributed by atoms with Gasteiger partial charge in [-0.15, -0.1) is 0 Å². The molecule has 0 aliphatic carbocycles. The number of benzene rings is 3. The molecule has 214 valence electrons. The number of ether oxygens (including phenoxy) is 1. The second-order valence-electron chi connectivity index (χ2n) is 11.0. The molecule has 3 aromatic carbocycles. The molecule has 0 saturated carbocycles. The molecule has 1 aliphatic rings. The molecule has 0 unspecified atom stereocenters. The van der Waals surface area contributed by atoms with Gasteiger partial charge >= 0.3 is 0 Å². The number of aliphatic hydroxyl groups excluding tert-OH is 1. The van der Waals surface area contributed by atoms with Crippen LogP contribution in [0.4, 0.5) is 0 Å². The predicted octanol–water partition coefficient (Wildman–Crippen LogP) is 4.00. The van der Waals surface area contributed by atoms with Crippen LogP contribution in [0.3, 0.4) is 0 Å². The molecule has 1 amide bonds. The minimum atomic E-state index is -3.99. The smallest absolute Gasteiger partial charge is 0.254 e. The van der Waals surface area contributed by atoms with Gasteiger partial charge in [0.2, 0.25) is 10.0 Å². The highest BCUT2D eigenvalue weighted by atomic mass is 32.2. The van der Waals surface area contributed by atoms with E-state index in [-0.39, 0.29) is 10.8 Å². The number of fused-ring (bicyclic) bond motifs is 1. The summed E-state index contributed by atoms with van der Waals surface area (Å²) in [5, 5.41) is 11.3. The Hall–Kier alpha value is -3.24. The van der Waals surface area contributed by atoms with E-state index in [2.05, 4.69) is 4.72 Å². The highest BCUT2D eigenvalue weighted by molar-refractivity contribution is 7.89. The van der Waals surface area contributed by atoms with Crippen molar-refractivity contribution in [3.05, 3.63) is 95.1 Å². The van der Waals surface area contributed by atoms with E-state index in [1.54, 1.807) is 61.2 Å². The Morgan fingerprint density at radius 2 is 1.65 bits per heavy atom. The Labute approximate surface area is 237 Å². The van der Waals surface area contributed by atoms with Gasteiger partial charge in [-0.3, -0.25) is 4.79 Å². The topological polar surface area (TPSA) is 99.2 Å². The van der Waals surface area contributed by atoms with Crippen molar-refractivity contribution in [2.24, 2.45) is 0 Å². The lowest BCUT2D eigenvalue weighted by molar-refractivity contribution is -0.0603. The third-order valence-electron chi connectivity index (χ3n) is 7.24. The largest absolute Gasteiger partial charge is 0.485 e. The first-order valence-corrected chi connectivity index (χ1v) is 15.0. The maximum absolute atomic E-state index is 13.8. The van der Waals surface area contributed by atoms with Crippen molar-refractivity contribution in [1.82, 2.24) is 14.5 Å². The molecule has 0 spiro atoms. The monoisotopic (exact) mass is 565 g/mol. The number of nitrogens with zero attached hydrogens (tertiary/aromatic N) is 2. The maximum Gasteiger partial charge on any atom is 0.254 e. The minimum absolute atomic E-state index is 0.104. The molecule has 3 aromatic rings. The van der Waals surface area contributed by atoms with Crippen molar-refractivity contribution in [3.63, 3.8) is 0 Å². The van der Waals surface area contributed by atoms with E-state index in [1.165, 1.54) is 0 Å². The molecule has 0 bridgehead atoms. The number of likely N-dealkylation sites (N-methyl/N-ethyl adjacent to an activating group) is 1. The molecule has 0 aromatic heterocycles. The number of hydrogen-bond donors (Lipinski definition) is 2. The number of aliphatic hydroxyl groups is 1. The molecule has 0 radical (unpaired) electrons. The molecule has 1 heterocycles. The molecule has 2 N–H and O–H groups in total. The lowest BCUT2D eigenvalue weighted by atomic mass is 9.86. The van der Waals surface area contributed by atoms with E-state index in [0.717, 1.165) is 17.5 Å². The average molecular weight is 566 g/mol. The van der Waals surface area contributed by atoms with Gasteiger partial charge in [-0.25, -0.2) is 13.1 Å². The maximum atomic E-state index is 13.8. The second-order valence-corrected chi connectivity index (χ2v) is 12.7. The average Bonchev–Trinajstić information content (AvgIpc) is 2.93. The third kappa shape index (κ3) is 6.72. The summed E-state index contributed by atoms with van der Waals surface area (Å²) in [5.74, 6) is 0.230. The molecule has 40 heavy (non-hydrogen) atoms. The van der Waals surface area contributed by atoms with E-state index in [1.807, 2.05) is 56.3 Å². The van der Waals surface area contributed by atoms with Crippen LogP contribution in [-0.4, -0.2) is 68.1 Å². The van der Waals surface area contributed by atoms with Crippen LogP contribution in [0, 0.1) is 0 Å². The van der Waals surface area contributed by atoms with Crippen LogP contribution in [0.1, 0.15) is 53.9 Å². The van der Waals surface area contributed by atoms with Crippen LogP contribution in [0.2, 0.25) is 0 Å². The standard InChI is InChI=1S/C31H39N3O5S/c1-6-22-12-15-25(16-13-22)40(37,38)32-28-26-20-24(14-17-27(26)39-31(2,3)29(28)35)30(36)34(19-18-33(4)5)21-23-10-8-7-9-11-23/h7-17,20,28-29,32,35H,6,18-19,21H2,1-5H3/t28-,29+/m1/s1. The van der Waals surface area contributed by atoms with Crippen molar-refractivity contribution in [3.8, 4) is 5.75 Å². The number of rotatable bonds is 10. The zero-order valence-electron chi connectivity index (χ0n) is 23.8. The first kappa shape index (κ1) is 29.7. The minimum Gasteiger partial charge on any atom is -0.485 e. The molecule has 9 heteroatoms. The highest BCUT2D eigenvalue weighted by Gasteiger charge is 2.45. The summed E-state index contributed by atoms with van der Waals surface area (Å²) in [7, 11) is -0.0746. The number of carbonyl (C=O) groups is 1. The van der Waals surface area contributed by atoms with E-state index in [4.69, 9.17) is 4.74 Å². The zero-order chi connectivity index (χ0) is 29.1. The van der Waals surface area contributed by atoms with Crippen LogP contribution >= 0.6 is 0 Å². The summed E-state index contributed by atoms with van der Waals surface area (Å²) >= 11 is 0. The van der Waals surface area contributed by atoms with Gasteiger partial charge in [-0.2, -0.15) is 0 Å². The van der Waals surface area contributed by atoms with Crippen molar-refractivity contribution in [2.75, 3.05) is 27.2 Å². The number of hydrogen-bond acceptors (Lipinski definition) is 6. The van der Waals surface area contributed by atoms with Crippen LogP contribution in [0.25, 0.3) is 0 Å². The van der Waals surface area contributed by atoms with Crippen LogP contribution < -0.4 is 9.46 Å². The van der Waals surface area contributed by atoms with E-state index in [0.29, 0.717) is 36.5 Å². The highest BCUT2D eigenvalue weighted by Crippen LogP contribution is 2.41. The normalized spacial score (nSPS) is 18.2. The first-order valence-electron chi connectivity index (χ1n) is 13.5. The summed E-state index contributed by atoms with van der Waals surface area (Å²) < 4.78 is 35.6. The molecule has 2 atom stereocenters. The molecule has 8 nitrogen and oxygen atoms in total. The predicted molar refractivity (Wildman–Crippen MR) is 156 cm³/mol. The summed E-state index contributed by atoms with van der Waals surface area (Å²) in [4.78, 5) is 17.7. The summed E-state index contributed by atoms with van der Waals surface area (Å²) in [5.41, 5.74) is 1.77. The van der Waals surface area contributed by atoms with Crippen molar-refractivity contribution in [1.29, 1.82) is 0 Å². The van der Waals surface area contributed by atoms with Gasteiger partial charge in [-0.05, 0) is 75.8 Å². The summed E-state index contributed by atoms with van der Waals surface area (Å²) in [6.07, 6.45) is -0.412. The molecule has 0 fully saturated rings. The Morgan fingerprint density at radius 3 is 2.27 bits per heavy atom. The zero-order valence-corrected chi connectivity index (χ0v) is 24.6. The van der Waals surface area contributed by atoms with E-state index in [9.17, 15) is 18.3 Å². The van der Waals surface area contributed by atoms with Crippen LogP contribution in [0.5, 0.6) is 5.75 Å². The van der Waals surface area contributed by atoms with E-state index >= 15 is 0 Å². The van der Waals surface area contributed by atoms with Crippen molar-refractivity contribution in [2.45, 2.75) is 56.4 Å². The Bertz CT molecular complexity index is 1420. The van der Waals surface area contributed by atoms with Gasteiger partial charge in [0, 0.05) is 30.8 Å². The quantitative estimate of drug-likeness (QED) is 0.386. The van der Waals surface area contributed by atoms with Crippen molar-refractivity contribution < 1.29 is 23.1 Å². The number of nitrogens with one attached hydrogen (secondary N) is 1. The third-order valence-corrected chi connectivity index (χ3v) is 8.69. The lowest BCUT2D eigenvalue weighted by Gasteiger charge is -2.42. The number of carbonyl (C=O) groups excluding carboxylic acids is 1. The lowest BCUT2D eigenvalue weighted by Crippen LogP contribution is -2.53. The summed E-state index contributed by atoms with van der Waals surface area (Å²) in [6.45, 7) is 7.03. The number of amides is 1. The summed E-state index contributed by atoms with van der Waals surface area (Å²) in [6, 6.07) is 20.4. The molecule has 4 rings (SSSR count). The Morgan fingerprint density at radius 1 is 0.975 bits per heavy atom. The second kappa shape index (κ2) is 12.1. The van der Waals surface area contributed by atoms with Gasteiger partial charge in [0.15, 0.2) is 0 Å². The molecular formula is C31H39N3O5S. The molecule has 1 aliphatic heterocycles. The SMILES string of the molecule is CCc1ccc(S(=O)(=O)N[C@@H]2c3cc(C(=O)N(CCN(C)C)Cc4ccccc4)ccc3OC(C)(C)[C@H]2O)cc1. The fourth-order valence-corrected chi connectivity index (χ4v) is 5.98. The van der Waals surface area contributed by atoms with Gasteiger partial charge in [0.05, 0.1) is 10.9 Å². The fourth-order valence-electron chi connectivity index (χ4n) is 4.76. The Kier molecular flexibility index (Phi) is 8.99. The van der Waals surface area contributed by atoms with E-state index < -0.39 is 27.8 Å². The number of sulfonamides is 1. The first-order chi connectivity index (χ1) is 18.9. The molecular weight excluding hydrogens is 526 g/mol. The van der Waals surface area contributed by atoms with Gasteiger partial charge < -0.3 is 19.6 Å². The Balaban J connectivity index is 1.68. The number of aryl methyl sites for hydroxylation is 1. The van der Waals surface area contributed by atoms with Crippen LogP contribution in [-0.2, 0) is 23.0 Å². The molecule has 0 saturated heterocycles. The van der Waals surface area contributed by atoms with Crippen molar-refractivity contribution >= 4 is 15.9 Å². The van der Waals surface area contributed by atoms with Gasteiger partial charge in [0.25, 0.3) is 5.91 Å². The fraction of sp³-hybridized carbons (Fsp3) is 0.387. The van der Waals surface area contributed by atoms with Gasteiger partial charge in [0.1, 0.15) is 17.5 Å².